The topological polar surface area (TPSA) is 43.6 Å². The van der Waals surface area contributed by atoms with Gasteiger partial charge in [0, 0.05) is 38.5 Å². The second kappa shape index (κ2) is 14.3. The number of aromatic nitrogens is 4. The predicted octanol–water partition coefficient (Wildman–Crippen LogP) is 14.8. The van der Waals surface area contributed by atoms with Gasteiger partial charge in [0.15, 0.2) is 17.5 Å². The van der Waals surface area contributed by atoms with Gasteiger partial charge in [0.2, 0.25) is 0 Å². The lowest BCUT2D eigenvalue weighted by molar-refractivity contribution is 1.08. The van der Waals surface area contributed by atoms with Crippen LogP contribution in [0.3, 0.4) is 0 Å². The summed E-state index contributed by atoms with van der Waals surface area (Å²) in [5.74, 6) is 1.90. The molecule has 12 rings (SSSR count). The highest BCUT2D eigenvalue weighted by Gasteiger charge is 2.20. The molecule has 2 heterocycles. The fourth-order valence-electron chi connectivity index (χ4n) is 9.19. The fraction of sp³-hybridized carbons (Fsp3) is 0. The van der Waals surface area contributed by atoms with Crippen molar-refractivity contribution in [3.8, 4) is 62.1 Å². The molecule has 0 aliphatic rings. The van der Waals surface area contributed by atoms with E-state index in [2.05, 4.69) is 187 Å². The van der Waals surface area contributed by atoms with Crippen molar-refractivity contribution < 1.29 is 0 Å². The summed E-state index contributed by atoms with van der Waals surface area (Å²) in [6, 6.07) is 77.7. The highest BCUT2D eigenvalue weighted by Crippen LogP contribution is 2.43. The predicted molar refractivity (Wildman–Crippen MR) is 254 cm³/mol. The maximum atomic E-state index is 5.30. The zero-order valence-electron chi connectivity index (χ0n) is 33.1. The van der Waals surface area contributed by atoms with Gasteiger partial charge >= 0.3 is 0 Å². The van der Waals surface area contributed by atoms with Gasteiger partial charge in [-0.2, -0.15) is 0 Å². The molecule has 0 amide bonds. The molecule has 284 valence electrons. The van der Waals surface area contributed by atoms with Crippen LogP contribution < -0.4 is 0 Å². The van der Waals surface area contributed by atoms with Crippen molar-refractivity contribution in [1.82, 2.24) is 19.5 Å². The third-order valence-electron chi connectivity index (χ3n) is 12.0. The number of fused-ring (bicyclic) bond motifs is 9. The van der Waals surface area contributed by atoms with E-state index >= 15 is 0 Å². The first-order chi connectivity index (χ1) is 30.2. The average molecular weight is 777 g/mol. The van der Waals surface area contributed by atoms with E-state index in [9.17, 15) is 0 Å². The normalized spacial score (nSPS) is 11.6. The molecule has 0 fully saturated rings. The van der Waals surface area contributed by atoms with Gasteiger partial charge in [-0.15, -0.1) is 0 Å². The summed E-state index contributed by atoms with van der Waals surface area (Å²) in [7, 11) is 0. The number of benzene rings is 10. The van der Waals surface area contributed by atoms with E-state index in [0.29, 0.717) is 17.5 Å². The van der Waals surface area contributed by atoms with Crippen molar-refractivity contribution in [3.63, 3.8) is 0 Å². The smallest absolute Gasteiger partial charge is 0.164 e. The quantitative estimate of drug-likeness (QED) is 0.158. The second-order valence-electron chi connectivity index (χ2n) is 15.6. The Bertz CT molecular complexity index is 3570. The Morgan fingerprint density at radius 1 is 0.262 bits per heavy atom. The number of para-hydroxylation sites is 1. The molecular formula is C57H36N4. The van der Waals surface area contributed by atoms with Crippen LogP contribution in [0, 0.1) is 0 Å². The summed E-state index contributed by atoms with van der Waals surface area (Å²) in [5.41, 5.74) is 10.8. The molecule has 2 aromatic heterocycles. The van der Waals surface area contributed by atoms with Gasteiger partial charge in [0.1, 0.15) is 0 Å². The van der Waals surface area contributed by atoms with Crippen molar-refractivity contribution in [2.24, 2.45) is 0 Å². The van der Waals surface area contributed by atoms with E-state index in [-0.39, 0.29) is 0 Å². The molecule has 0 saturated heterocycles. The van der Waals surface area contributed by atoms with Crippen molar-refractivity contribution >= 4 is 54.1 Å². The van der Waals surface area contributed by atoms with E-state index in [0.717, 1.165) is 49.7 Å². The summed E-state index contributed by atoms with van der Waals surface area (Å²) in [6.07, 6.45) is 0. The van der Waals surface area contributed by atoms with Crippen LogP contribution in [0.4, 0.5) is 0 Å². The van der Waals surface area contributed by atoms with Crippen LogP contribution in [0.25, 0.3) is 116 Å². The lowest BCUT2D eigenvalue weighted by Crippen LogP contribution is -2.01. The number of rotatable bonds is 6. The van der Waals surface area contributed by atoms with Crippen LogP contribution in [0.5, 0.6) is 0 Å². The second-order valence-corrected chi connectivity index (χ2v) is 15.6. The zero-order valence-corrected chi connectivity index (χ0v) is 33.1. The summed E-state index contributed by atoms with van der Waals surface area (Å²) >= 11 is 0. The van der Waals surface area contributed by atoms with E-state index in [4.69, 9.17) is 15.0 Å². The lowest BCUT2D eigenvalue weighted by atomic mass is 9.88. The van der Waals surface area contributed by atoms with Gasteiger partial charge in [-0.1, -0.05) is 182 Å². The Kier molecular flexibility index (Phi) is 8.13. The van der Waals surface area contributed by atoms with Crippen LogP contribution in [0.2, 0.25) is 0 Å². The van der Waals surface area contributed by atoms with Gasteiger partial charge in [-0.3, -0.25) is 0 Å². The van der Waals surface area contributed by atoms with Gasteiger partial charge in [-0.25, -0.2) is 15.0 Å². The van der Waals surface area contributed by atoms with Crippen LogP contribution in [0.15, 0.2) is 218 Å². The van der Waals surface area contributed by atoms with E-state index in [1.165, 1.54) is 49.1 Å². The van der Waals surface area contributed by atoms with Crippen LogP contribution in [0.1, 0.15) is 0 Å². The van der Waals surface area contributed by atoms with E-state index in [1.54, 1.807) is 0 Å². The standard InChI is InChI=1S/C57H36N4/c1-4-17-37(18-5-1)41-31-32-48-47-28-14-15-30-52(47)61(53(48)36-41)43-24-16-23-40(33-43)42-34-50-46-27-11-10-25-44(46)45-26-12-13-29-49(45)54(50)51(35-42)57-59-55(38-19-6-2-7-20-38)58-56(60-57)39-21-8-3-9-22-39/h1-36H. The molecule has 10 aromatic carbocycles. The largest absolute Gasteiger partial charge is 0.309 e. The molecule has 61 heavy (non-hydrogen) atoms. The van der Waals surface area contributed by atoms with Crippen molar-refractivity contribution in [1.29, 1.82) is 0 Å². The van der Waals surface area contributed by atoms with Gasteiger partial charge in [-0.05, 0) is 85.6 Å². The highest BCUT2D eigenvalue weighted by atomic mass is 15.0. The van der Waals surface area contributed by atoms with E-state index in [1.807, 2.05) is 36.4 Å². The molecule has 4 heteroatoms. The lowest BCUT2D eigenvalue weighted by Gasteiger charge is -2.17. The highest BCUT2D eigenvalue weighted by molar-refractivity contribution is 6.29. The summed E-state index contributed by atoms with van der Waals surface area (Å²) < 4.78 is 2.41. The van der Waals surface area contributed by atoms with Crippen molar-refractivity contribution in [3.05, 3.63) is 218 Å². The summed E-state index contributed by atoms with van der Waals surface area (Å²) in [6.45, 7) is 0. The maximum Gasteiger partial charge on any atom is 0.164 e. The van der Waals surface area contributed by atoms with Gasteiger partial charge in [0.25, 0.3) is 0 Å². The van der Waals surface area contributed by atoms with Crippen LogP contribution in [-0.4, -0.2) is 19.5 Å². The fourth-order valence-corrected chi connectivity index (χ4v) is 9.19. The molecular weight excluding hydrogens is 741 g/mol. The molecule has 0 spiro atoms. The van der Waals surface area contributed by atoms with Gasteiger partial charge < -0.3 is 4.57 Å². The molecule has 0 radical (unpaired) electrons. The molecule has 0 aliphatic heterocycles. The minimum absolute atomic E-state index is 0.631. The SMILES string of the molecule is c1ccc(-c2ccc3c4ccccc4n(-c4cccc(-c5cc(-c6nc(-c7ccccc7)nc(-c7ccccc7)n6)c6c7ccccc7c7ccccc7c6c5)c4)c3c2)cc1. The number of nitrogens with zero attached hydrogens (tertiary/aromatic N) is 4. The summed E-state index contributed by atoms with van der Waals surface area (Å²) in [5, 5.41) is 9.49. The third-order valence-corrected chi connectivity index (χ3v) is 12.0. The molecule has 0 N–H and O–H groups in total. The number of hydrogen-bond donors (Lipinski definition) is 0. The van der Waals surface area contributed by atoms with Gasteiger partial charge in [0.05, 0.1) is 11.0 Å². The molecule has 4 nitrogen and oxygen atoms in total. The maximum absolute atomic E-state index is 5.30. The van der Waals surface area contributed by atoms with Crippen LogP contribution >= 0.6 is 0 Å². The molecule has 0 unspecified atom stereocenters. The van der Waals surface area contributed by atoms with Crippen molar-refractivity contribution in [2.45, 2.75) is 0 Å². The van der Waals surface area contributed by atoms with Crippen molar-refractivity contribution in [2.75, 3.05) is 0 Å². The first-order valence-corrected chi connectivity index (χ1v) is 20.7. The first kappa shape index (κ1) is 34.8. The molecule has 0 bridgehead atoms. The Morgan fingerprint density at radius 2 is 0.754 bits per heavy atom. The van der Waals surface area contributed by atoms with Crippen LogP contribution in [-0.2, 0) is 0 Å². The Labute approximate surface area is 352 Å². The zero-order chi connectivity index (χ0) is 40.3. The Morgan fingerprint density at radius 3 is 1.43 bits per heavy atom. The minimum Gasteiger partial charge on any atom is -0.309 e. The minimum atomic E-state index is 0.631. The molecule has 0 saturated carbocycles. The Balaban J connectivity index is 1.14. The first-order valence-electron chi connectivity index (χ1n) is 20.7. The molecule has 12 aromatic rings. The molecule has 0 atom stereocenters. The average Bonchev–Trinajstić information content (AvgIpc) is 3.68. The molecule has 0 aliphatic carbocycles. The summed E-state index contributed by atoms with van der Waals surface area (Å²) in [4.78, 5) is 15.7. The monoisotopic (exact) mass is 776 g/mol. The van der Waals surface area contributed by atoms with E-state index < -0.39 is 0 Å². The number of hydrogen-bond acceptors (Lipinski definition) is 3. The third kappa shape index (κ3) is 5.88. The Hall–Kier alpha value is -8.21.